The summed E-state index contributed by atoms with van der Waals surface area (Å²) in [6, 6.07) is 0. The van der Waals surface area contributed by atoms with Crippen LogP contribution in [0.4, 0.5) is 0 Å². The Morgan fingerprint density at radius 1 is 0.274 bits per heavy atom. The molecule has 0 aromatic carbocycles. The minimum Gasteiger partial charge on any atom is -0.462 e. The second-order valence-corrected chi connectivity index (χ2v) is 24.1. The van der Waals surface area contributed by atoms with Crippen molar-refractivity contribution < 1.29 is 28.6 Å². The van der Waals surface area contributed by atoms with Crippen molar-refractivity contribution in [2.24, 2.45) is 17.8 Å². The minimum atomic E-state index is -0.765. The number of unbranched alkanes of at least 4 members (excludes halogenated alkanes) is 41. The van der Waals surface area contributed by atoms with Crippen LogP contribution in [0.2, 0.25) is 0 Å². The minimum absolute atomic E-state index is 0.0628. The van der Waals surface area contributed by atoms with E-state index >= 15 is 0 Å². The molecule has 73 heavy (non-hydrogen) atoms. The molecular formula is C67H130O6. The molecule has 6 nitrogen and oxygen atoms in total. The van der Waals surface area contributed by atoms with E-state index in [1.807, 2.05) is 0 Å². The molecule has 0 aliphatic rings. The van der Waals surface area contributed by atoms with Gasteiger partial charge in [-0.1, -0.05) is 337 Å². The van der Waals surface area contributed by atoms with Gasteiger partial charge in [0.2, 0.25) is 0 Å². The van der Waals surface area contributed by atoms with Gasteiger partial charge in [0.25, 0.3) is 0 Å². The first-order chi connectivity index (χ1) is 35.7. The standard InChI is InChI=1S/C67H130O6/c1-7-62(5)54-48-42-36-30-26-22-18-14-10-12-16-20-24-28-32-40-46-52-58-67(70)73-64(60-72-66(69)57-51-45-39-34-33-37-43-49-55-63(6)8-2)59-71-65(68)56-50-44-38-31-27-23-19-15-11-9-13-17-21-25-29-35-41-47-53-61(3)4/h61-64H,7-60H2,1-6H3/t62?,63?,64-/m1/s1. The van der Waals surface area contributed by atoms with E-state index in [0.717, 1.165) is 75.5 Å². The fourth-order valence-electron chi connectivity index (χ4n) is 10.3. The molecule has 0 bridgehead atoms. The quantitative estimate of drug-likeness (QED) is 0.0343. The number of hydrogen-bond donors (Lipinski definition) is 0. The van der Waals surface area contributed by atoms with Crippen molar-refractivity contribution in [1.82, 2.24) is 0 Å². The van der Waals surface area contributed by atoms with Gasteiger partial charge in [0.15, 0.2) is 6.10 Å². The summed E-state index contributed by atoms with van der Waals surface area (Å²) >= 11 is 0. The largest absolute Gasteiger partial charge is 0.462 e. The summed E-state index contributed by atoms with van der Waals surface area (Å²) in [6.45, 7) is 13.9. The lowest BCUT2D eigenvalue weighted by molar-refractivity contribution is -0.167. The average Bonchev–Trinajstić information content (AvgIpc) is 3.38. The van der Waals surface area contributed by atoms with E-state index in [0.29, 0.717) is 19.3 Å². The van der Waals surface area contributed by atoms with E-state index in [-0.39, 0.29) is 31.1 Å². The monoisotopic (exact) mass is 1030 g/mol. The number of carbonyl (C=O) groups excluding carboxylic acids is 3. The normalized spacial score (nSPS) is 12.9. The zero-order valence-electron chi connectivity index (χ0n) is 50.4. The van der Waals surface area contributed by atoms with Crippen molar-refractivity contribution in [1.29, 1.82) is 0 Å². The summed E-state index contributed by atoms with van der Waals surface area (Å²) in [7, 11) is 0. The second kappa shape index (κ2) is 58.1. The van der Waals surface area contributed by atoms with Crippen LogP contribution in [0.15, 0.2) is 0 Å². The van der Waals surface area contributed by atoms with E-state index in [1.54, 1.807) is 0 Å². The number of ether oxygens (including phenoxy) is 3. The Morgan fingerprint density at radius 2 is 0.479 bits per heavy atom. The second-order valence-electron chi connectivity index (χ2n) is 24.1. The first kappa shape index (κ1) is 71.4. The molecule has 0 rings (SSSR count). The summed E-state index contributed by atoms with van der Waals surface area (Å²) in [5.74, 6) is 1.78. The van der Waals surface area contributed by atoms with Crippen LogP contribution in [0.1, 0.15) is 375 Å². The van der Waals surface area contributed by atoms with Gasteiger partial charge in [0, 0.05) is 19.3 Å². The highest BCUT2D eigenvalue weighted by atomic mass is 16.6. The van der Waals surface area contributed by atoms with Crippen LogP contribution in [0.25, 0.3) is 0 Å². The van der Waals surface area contributed by atoms with Gasteiger partial charge in [-0.3, -0.25) is 14.4 Å². The molecule has 0 heterocycles. The highest BCUT2D eigenvalue weighted by molar-refractivity contribution is 5.71. The zero-order valence-corrected chi connectivity index (χ0v) is 50.4. The molecule has 6 heteroatoms. The molecule has 0 aromatic heterocycles. The molecule has 0 aromatic rings. The molecule has 0 aliphatic carbocycles. The SMILES string of the molecule is CCC(C)CCCCCCCCCCCCCCCCCCCCC(=O)O[C@H](COC(=O)CCCCCCCCCCCCCCCCCCCCC(C)C)COC(=O)CCCCCCCCCCC(C)CC. The Hall–Kier alpha value is -1.59. The molecule has 0 spiro atoms. The molecule has 0 amide bonds. The summed E-state index contributed by atoms with van der Waals surface area (Å²) < 4.78 is 17.0. The summed E-state index contributed by atoms with van der Waals surface area (Å²) in [4.78, 5) is 38.3. The predicted molar refractivity (Wildman–Crippen MR) is 316 cm³/mol. The van der Waals surface area contributed by atoms with Gasteiger partial charge < -0.3 is 14.2 Å². The smallest absolute Gasteiger partial charge is 0.306 e. The van der Waals surface area contributed by atoms with E-state index in [2.05, 4.69) is 41.5 Å². The first-order valence-electron chi connectivity index (χ1n) is 33.2. The molecule has 2 unspecified atom stereocenters. The molecular weight excluding hydrogens is 901 g/mol. The summed E-state index contributed by atoms with van der Waals surface area (Å²) in [5.41, 5.74) is 0. The lowest BCUT2D eigenvalue weighted by Crippen LogP contribution is -2.30. The highest BCUT2D eigenvalue weighted by Crippen LogP contribution is 2.20. The van der Waals surface area contributed by atoms with Crippen molar-refractivity contribution in [2.45, 2.75) is 382 Å². The Labute approximate surface area is 457 Å². The van der Waals surface area contributed by atoms with Crippen molar-refractivity contribution in [3.05, 3.63) is 0 Å². The average molecular weight is 1030 g/mol. The van der Waals surface area contributed by atoms with Crippen LogP contribution >= 0.6 is 0 Å². The molecule has 0 radical (unpaired) electrons. The highest BCUT2D eigenvalue weighted by Gasteiger charge is 2.20. The van der Waals surface area contributed by atoms with Gasteiger partial charge in [-0.15, -0.1) is 0 Å². The van der Waals surface area contributed by atoms with E-state index in [9.17, 15) is 14.4 Å². The van der Waals surface area contributed by atoms with Gasteiger partial charge in [-0.2, -0.15) is 0 Å². The number of rotatable bonds is 60. The third kappa shape index (κ3) is 57.9. The zero-order chi connectivity index (χ0) is 53.3. The van der Waals surface area contributed by atoms with Crippen LogP contribution in [-0.4, -0.2) is 37.2 Å². The lowest BCUT2D eigenvalue weighted by atomic mass is 9.99. The molecule has 0 N–H and O–H groups in total. The molecule has 3 atom stereocenters. The maximum Gasteiger partial charge on any atom is 0.306 e. The van der Waals surface area contributed by atoms with Gasteiger partial charge in [-0.25, -0.2) is 0 Å². The number of hydrogen-bond acceptors (Lipinski definition) is 6. The van der Waals surface area contributed by atoms with Gasteiger partial charge in [0.05, 0.1) is 0 Å². The Bertz CT molecular complexity index is 1140. The molecule has 0 saturated heterocycles. The lowest BCUT2D eigenvalue weighted by Gasteiger charge is -2.18. The summed E-state index contributed by atoms with van der Waals surface area (Å²) in [6.07, 6.45) is 63.9. The number of carbonyl (C=O) groups is 3. The predicted octanol–water partition coefficient (Wildman–Crippen LogP) is 22.2. The van der Waals surface area contributed by atoms with E-state index < -0.39 is 6.10 Å². The summed E-state index contributed by atoms with van der Waals surface area (Å²) in [5, 5.41) is 0. The molecule has 0 aliphatic heterocycles. The van der Waals surface area contributed by atoms with Crippen LogP contribution < -0.4 is 0 Å². The maximum absolute atomic E-state index is 12.9. The third-order valence-electron chi connectivity index (χ3n) is 16.1. The van der Waals surface area contributed by atoms with E-state index in [4.69, 9.17) is 14.2 Å². The van der Waals surface area contributed by atoms with Crippen molar-refractivity contribution in [3.8, 4) is 0 Å². The van der Waals surface area contributed by atoms with Crippen LogP contribution in [0, 0.1) is 17.8 Å². The molecule has 0 fully saturated rings. The Balaban J connectivity index is 4.23. The first-order valence-corrected chi connectivity index (χ1v) is 33.2. The van der Waals surface area contributed by atoms with Crippen LogP contribution in [-0.2, 0) is 28.6 Å². The fraction of sp³-hybridized carbons (Fsp3) is 0.955. The maximum atomic E-state index is 12.9. The van der Waals surface area contributed by atoms with Crippen LogP contribution in [0.5, 0.6) is 0 Å². The molecule has 0 saturated carbocycles. The van der Waals surface area contributed by atoms with E-state index in [1.165, 1.54) is 257 Å². The van der Waals surface area contributed by atoms with Gasteiger partial charge >= 0.3 is 17.9 Å². The van der Waals surface area contributed by atoms with Crippen molar-refractivity contribution in [2.75, 3.05) is 13.2 Å². The van der Waals surface area contributed by atoms with Crippen molar-refractivity contribution >= 4 is 17.9 Å². The Morgan fingerprint density at radius 3 is 0.712 bits per heavy atom. The number of esters is 3. The fourth-order valence-corrected chi connectivity index (χ4v) is 10.3. The Kier molecular flexibility index (Phi) is 56.8. The van der Waals surface area contributed by atoms with Gasteiger partial charge in [0.1, 0.15) is 13.2 Å². The van der Waals surface area contributed by atoms with Crippen LogP contribution in [0.3, 0.4) is 0 Å². The third-order valence-corrected chi connectivity index (χ3v) is 16.1. The molecule has 434 valence electrons. The van der Waals surface area contributed by atoms with Gasteiger partial charge in [-0.05, 0) is 37.0 Å². The topological polar surface area (TPSA) is 78.9 Å². The van der Waals surface area contributed by atoms with Crippen molar-refractivity contribution in [3.63, 3.8) is 0 Å².